The van der Waals surface area contributed by atoms with Crippen molar-refractivity contribution in [1.29, 1.82) is 10.5 Å². The number of halogens is 3. The summed E-state index contributed by atoms with van der Waals surface area (Å²) in [5.41, 5.74) is 15.7. The molecule has 0 aliphatic rings. The second kappa shape index (κ2) is 20.2. The number of rotatable bonds is 8. The van der Waals surface area contributed by atoms with E-state index >= 15 is 0 Å². The number of para-hydroxylation sites is 2. The molecule has 13 rings (SSSR count). The van der Waals surface area contributed by atoms with Crippen molar-refractivity contribution in [2.75, 3.05) is 0 Å². The molecule has 10 heteroatoms. The minimum atomic E-state index is -4.55. The van der Waals surface area contributed by atoms with Crippen molar-refractivity contribution >= 4 is 60.7 Å². The second-order valence-corrected chi connectivity index (χ2v) is 20.2. The molecule has 0 bridgehead atoms. The number of hydrogen-bond donors (Lipinski definition) is 0. The summed E-state index contributed by atoms with van der Waals surface area (Å²) in [7, 11) is 0. The fraction of sp³-hybridized carbons (Fsp3) is 0.0274. The van der Waals surface area contributed by atoms with Gasteiger partial charge in [-0.3, -0.25) is 0 Å². The quantitative estimate of drug-likeness (QED) is 0.142. The van der Waals surface area contributed by atoms with Crippen molar-refractivity contribution in [3.05, 3.63) is 281 Å². The van der Waals surface area contributed by atoms with Crippen LogP contribution in [0.15, 0.2) is 224 Å². The lowest BCUT2D eigenvalue weighted by Gasteiger charge is -2.19. The third kappa shape index (κ3) is 8.59. The zero-order chi connectivity index (χ0) is 57.1. The minimum Gasteiger partial charge on any atom is -0.309 e. The predicted molar refractivity (Wildman–Crippen MR) is 326 cm³/mol. The van der Waals surface area contributed by atoms with E-state index in [9.17, 15) is 23.7 Å². The molecule has 0 unspecified atom stereocenters. The fourth-order valence-corrected chi connectivity index (χ4v) is 11.8. The summed E-state index contributed by atoms with van der Waals surface area (Å²) in [5.74, 6) is 0. The molecular weight excluding hydrogens is 1030 g/mol. The maximum Gasteiger partial charge on any atom is 0.416 e. The third-order valence-corrected chi connectivity index (χ3v) is 15.7. The van der Waals surface area contributed by atoms with Crippen LogP contribution in [0.1, 0.15) is 22.3 Å². The van der Waals surface area contributed by atoms with Gasteiger partial charge in [0.05, 0.1) is 76.3 Å². The van der Waals surface area contributed by atoms with Gasteiger partial charge < -0.3 is 9.13 Å². The highest BCUT2D eigenvalue weighted by atomic mass is 19.4. The van der Waals surface area contributed by atoms with Crippen molar-refractivity contribution in [1.82, 2.24) is 9.13 Å². The van der Waals surface area contributed by atoms with Crippen molar-refractivity contribution in [3.63, 3.8) is 0 Å². The summed E-state index contributed by atoms with van der Waals surface area (Å²) < 4.78 is 46.8. The number of nitrogens with zero attached hydrogens (tertiary/aromatic N) is 7. The van der Waals surface area contributed by atoms with Gasteiger partial charge in [-0.05, 0) is 176 Å². The third-order valence-electron chi connectivity index (χ3n) is 15.7. The van der Waals surface area contributed by atoms with Crippen molar-refractivity contribution in [2.24, 2.45) is 0 Å². The highest BCUT2D eigenvalue weighted by Crippen LogP contribution is 2.47. The molecule has 0 saturated heterocycles. The molecule has 0 amide bonds. The van der Waals surface area contributed by atoms with Crippen LogP contribution in [0.2, 0.25) is 0 Å². The Kier molecular flexibility index (Phi) is 12.3. The summed E-state index contributed by atoms with van der Waals surface area (Å²) in [6.07, 6.45) is -4.55. The van der Waals surface area contributed by atoms with Crippen LogP contribution < -0.4 is 0 Å². The maximum absolute atomic E-state index is 14.2. The zero-order valence-electron chi connectivity index (χ0n) is 44.1. The van der Waals surface area contributed by atoms with Crippen LogP contribution in [0, 0.1) is 49.3 Å². The van der Waals surface area contributed by atoms with Gasteiger partial charge in [-0.25, -0.2) is 14.5 Å². The largest absolute Gasteiger partial charge is 0.416 e. The monoisotopic (exact) mass is 1070 g/mol. The molecule has 11 aromatic carbocycles. The first-order valence-corrected chi connectivity index (χ1v) is 26.4. The summed E-state index contributed by atoms with van der Waals surface area (Å²) in [4.78, 5) is 11.8. The Morgan fingerprint density at radius 1 is 0.373 bits per heavy atom. The number of aryl methyl sites for hydroxylation is 1. The molecule has 83 heavy (non-hydrogen) atoms. The lowest BCUT2D eigenvalue weighted by atomic mass is 9.93. The van der Waals surface area contributed by atoms with Gasteiger partial charge in [0, 0.05) is 27.2 Å². The van der Waals surface area contributed by atoms with Gasteiger partial charge in [-0.1, -0.05) is 127 Å². The molecule has 7 nitrogen and oxygen atoms in total. The molecule has 0 fully saturated rings. The predicted octanol–water partition coefficient (Wildman–Crippen LogP) is 20.6. The number of benzene rings is 11. The number of fused-ring (bicyclic) bond motifs is 6. The van der Waals surface area contributed by atoms with Crippen molar-refractivity contribution in [3.8, 4) is 90.3 Å². The summed E-state index contributed by atoms with van der Waals surface area (Å²) in [5, 5.41) is 23.9. The smallest absolute Gasteiger partial charge is 0.309 e. The van der Waals surface area contributed by atoms with E-state index < -0.39 is 11.7 Å². The molecule has 0 N–H and O–H groups in total. The Morgan fingerprint density at radius 2 is 0.783 bits per heavy atom. The highest BCUT2D eigenvalue weighted by molar-refractivity contribution is 6.14. The van der Waals surface area contributed by atoms with Crippen molar-refractivity contribution in [2.45, 2.75) is 13.1 Å². The van der Waals surface area contributed by atoms with Gasteiger partial charge in [-0.2, -0.15) is 23.7 Å². The SMILES string of the molecule is [C-]#[N+]c1ccccc1-c1ccc2c(c1)c1cc(-c3ccccc3C#N)ccc1n2-c1ccc([N+]#[C-])c(-c2cc(-c3ccc(C(F)(F)F)cc3C)ccc2-n2c3ccc(-c4ccccc4C#N)cc3c3cc(-c4ccccc4[N+]#[C-])ccc32)c1. The molecule has 2 heterocycles. The van der Waals surface area contributed by atoms with Crippen LogP contribution in [-0.4, -0.2) is 9.13 Å². The summed E-state index contributed by atoms with van der Waals surface area (Å²) in [6.45, 7) is 26.4. The lowest BCUT2D eigenvalue weighted by molar-refractivity contribution is -0.137. The summed E-state index contributed by atoms with van der Waals surface area (Å²) >= 11 is 0. The highest BCUT2D eigenvalue weighted by Gasteiger charge is 2.31. The number of aromatic nitrogens is 2. The molecule has 0 spiro atoms. The van der Waals surface area contributed by atoms with Crippen LogP contribution in [0.4, 0.5) is 30.2 Å². The van der Waals surface area contributed by atoms with Gasteiger partial charge in [0.2, 0.25) is 0 Å². The molecule has 0 atom stereocenters. The maximum atomic E-state index is 14.2. The first kappa shape index (κ1) is 50.7. The minimum absolute atomic E-state index is 0.333. The van der Waals surface area contributed by atoms with Crippen LogP contribution in [0.3, 0.4) is 0 Å². The standard InChI is InChI=1S/C73H40F3N7/c1-44-35-52(73(74,75)76)26-28-54(44)45-21-32-70(83-71-33-23-47(56-16-8-6-14-51(56)43-78)38-63(71)64-40-49(25-34-72(64)83)58-18-10-12-20-66(58)80-3)60(36-45)59-41-53(27-29-67(59)81-4)82-68-30-22-46(55-15-7-5-13-50(55)42-77)37-61(68)62-39-48(24-31-69(62)82)57-17-9-11-19-65(57)79-2/h5-41H,1H3. The first-order valence-electron chi connectivity index (χ1n) is 26.4. The average molecular weight is 1070 g/mol. The Morgan fingerprint density at radius 3 is 1.24 bits per heavy atom. The Bertz CT molecular complexity index is 4890. The Hall–Kier alpha value is -11.7. The molecule has 13 aromatic rings. The topological polar surface area (TPSA) is 70.5 Å². The second-order valence-electron chi connectivity index (χ2n) is 20.2. The summed E-state index contributed by atoms with van der Waals surface area (Å²) in [6, 6.07) is 74.4. The molecule has 0 saturated carbocycles. The van der Waals surface area contributed by atoms with Gasteiger partial charge in [0.15, 0.2) is 17.1 Å². The first-order chi connectivity index (χ1) is 40.5. The Balaban J connectivity index is 1.09. The molecular formula is C73H40F3N7. The number of nitriles is 2. The fourth-order valence-electron chi connectivity index (χ4n) is 11.8. The molecule has 388 valence electrons. The van der Waals surface area contributed by atoms with Gasteiger partial charge >= 0.3 is 6.18 Å². The molecule has 0 aliphatic heterocycles. The van der Waals surface area contributed by atoms with Crippen molar-refractivity contribution < 1.29 is 13.2 Å². The number of alkyl halides is 3. The van der Waals surface area contributed by atoms with E-state index in [0.717, 1.165) is 106 Å². The Labute approximate surface area is 475 Å². The zero-order valence-corrected chi connectivity index (χ0v) is 44.1. The van der Waals surface area contributed by atoms with E-state index in [1.54, 1.807) is 37.3 Å². The van der Waals surface area contributed by atoms with Gasteiger partial charge in [-0.15, -0.1) is 0 Å². The normalized spacial score (nSPS) is 11.3. The van der Waals surface area contributed by atoms with Crippen LogP contribution in [0.5, 0.6) is 0 Å². The van der Waals surface area contributed by atoms with Crippen LogP contribution >= 0.6 is 0 Å². The van der Waals surface area contributed by atoms with E-state index in [-0.39, 0.29) is 0 Å². The lowest BCUT2D eigenvalue weighted by Crippen LogP contribution is -2.05. The molecule has 0 radical (unpaired) electrons. The van der Waals surface area contributed by atoms with E-state index in [2.05, 4.69) is 60.1 Å². The molecule has 2 aromatic heterocycles. The van der Waals surface area contributed by atoms with E-state index in [1.165, 1.54) is 6.07 Å². The van der Waals surface area contributed by atoms with E-state index in [1.807, 2.05) is 152 Å². The van der Waals surface area contributed by atoms with E-state index in [0.29, 0.717) is 61.7 Å². The van der Waals surface area contributed by atoms with E-state index in [4.69, 9.17) is 19.7 Å². The molecule has 0 aliphatic carbocycles. The van der Waals surface area contributed by atoms with Gasteiger partial charge in [0.1, 0.15) is 0 Å². The average Bonchev–Trinajstić information content (AvgIpc) is 3.28. The number of hydrogen-bond acceptors (Lipinski definition) is 2. The van der Waals surface area contributed by atoms with Crippen LogP contribution in [0.25, 0.3) is 136 Å². The van der Waals surface area contributed by atoms with Crippen LogP contribution in [-0.2, 0) is 6.18 Å². The van der Waals surface area contributed by atoms with Gasteiger partial charge in [0.25, 0.3) is 0 Å².